The van der Waals surface area contributed by atoms with Gasteiger partial charge in [0, 0.05) is 12.0 Å². The molecule has 1 aliphatic heterocycles. The van der Waals surface area contributed by atoms with Crippen molar-refractivity contribution in [2.75, 3.05) is 7.11 Å². The van der Waals surface area contributed by atoms with Crippen LogP contribution in [-0.2, 0) is 9.47 Å². The second kappa shape index (κ2) is 7.15. The van der Waals surface area contributed by atoms with Crippen molar-refractivity contribution in [1.29, 1.82) is 0 Å². The van der Waals surface area contributed by atoms with Crippen LogP contribution in [0.25, 0.3) is 0 Å². The van der Waals surface area contributed by atoms with Gasteiger partial charge in [0.15, 0.2) is 5.60 Å². The van der Waals surface area contributed by atoms with E-state index in [0.717, 1.165) is 25.0 Å². The maximum atomic E-state index is 11.7. The van der Waals surface area contributed by atoms with E-state index in [-0.39, 0.29) is 11.3 Å². The van der Waals surface area contributed by atoms with Gasteiger partial charge in [0.1, 0.15) is 17.1 Å². The summed E-state index contributed by atoms with van der Waals surface area (Å²) in [6.45, 7) is 8.56. The fourth-order valence-electron chi connectivity index (χ4n) is 3.73. The van der Waals surface area contributed by atoms with Crippen LogP contribution in [0, 0.1) is 17.8 Å². The number of phenols is 1. The molecule has 0 radical (unpaired) electrons. The number of esters is 1. The summed E-state index contributed by atoms with van der Waals surface area (Å²) in [6.07, 6.45) is 2.91. The first-order valence-corrected chi connectivity index (χ1v) is 9.27. The predicted molar refractivity (Wildman–Crippen MR) is 104 cm³/mol. The van der Waals surface area contributed by atoms with Crippen LogP contribution in [0.2, 0.25) is 0 Å². The number of hydrogen-bond acceptors (Lipinski definition) is 4. The molecule has 2 unspecified atom stereocenters. The Hall–Kier alpha value is -2.67. The summed E-state index contributed by atoms with van der Waals surface area (Å²) in [7, 11) is 1.28. The molecule has 3 rings (SSSR count). The average Bonchev–Trinajstić information content (AvgIpc) is 2.65. The highest BCUT2D eigenvalue weighted by atomic mass is 16.5. The third kappa shape index (κ3) is 3.73. The quantitative estimate of drug-likeness (QED) is 0.577. The largest absolute Gasteiger partial charge is 0.507 e. The van der Waals surface area contributed by atoms with Gasteiger partial charge in [-0.05, 0) is 68.9 Å². The van der Waals surface area contributed by atoms with Gasteiger partial charge in [-0.1, -0.05) is 24.3 Å². The fraction of sp³-hybridized carbons (Fsp3) is 0.435. The number of methoxy groups -OCH3 is 1. The van der Waals surface area contributed by atoms with Crippen molar-refractivity contribution in [3.63, 3.8) is 0 Å². The number of carbonyl (C=O) groups is 1. The molecule has 1 aromatic carbocycles. The van der Waals surface area contributed by atoms with E-state index in [9.17, 15) is 9.90 Å². The summed E-state index contributed by atoms with van der Waals surface area (Å²) in [5.74, 6) is 7.16. The molecule has 1 aromatic rings. The fourth-order valence-corrected chi connectivity index (χ4v) is 3.73. The van der Waals surface area contributed by atoms with Gasteiger partial charge < -0.3 is 14.6 Å². The van der Waals surface area contributed by atoms with Gasteiger partial charge in [-0.3, -0.25) is 0 Å². The smallest absolute Gasteiger partial charge is 0.341 e. The first-order chi connectivity index (χ1) is 12.7. The molecule has 0 bridgehead atoms. The summed E-state index contributed by atoms with van der Waals surface area (Å²) in [6, 6.07) is 4.69. The van der Waals surface area contributed by atoms with Crippen molar-refractivity contribution in [3.8, 4) is 17.6 Å². The minimum atomic E-state index is -0.585. The van der Waals surface area contributed by atoms with Gasteiger partial charge in [0.25, 0.3) is 0 Å². The van der Waals surface area contributed by atoms with Crippen LogP contribution in [0.4, 0.5) is 0 Å². The van der Waals surface area contributed by atoms with Gasteiger partial charge in [0.05, 0.1) is 7.11 Å². The number of ether oxygens (including phenoxy) is 2. The average molecular weight is 366 g/mol. The molecule has 4 nitrogen and oxygen atoms in total. The molecular weight excluding hydrogens is 340 g/mol. The van der Waals surface area contributed by atoms with E-state index in [0.29, 0.717) is 11.5 Å². The molecule has 0 saturated carbocycles. The molecular formula is C23H26O4. The number of hydrogen-bond donors (Lipinski definition) is 1. The highest BCUT2D eigenvalue weighted by Crippen LogP contribution is 2.43. The molecule has 1 aliphatic carbocycles. The lowest BCUT2D eigenvalue weighted by atomic mass is 9.78. The molecule has 1 N–H and O–H groups in total. The Morgan fingerprint density at radius 2 is 2.11 bits per heavy atom. The number of rotatable bonds is 1. The van der Waals surface area contributed by atoms with E-state index < -0.39 is 11.6 Å². The predicted octanol–water partition coefficient (Wildman–Crippen LogP) is 4.73. The van der Waals surface area contributed by atoms with Crippen LogP contribution in [0.5, 0.6) is 5.75 Å². The van der Waals surface area contributed by atoms with Crippen molar-refractivity contribution in [3.05, 3.63) is 51.8 Å². The van der Waals surface area contributed by atoms with E-state index in [1.165, 1.54) is 29.9 Å². The van der Waals surface area contributed by atoms with E-state index in [2.05, 4.69) is 32.6 Å². The Morgan fingerprint density at radius 1 is 1.37 bits per heavy atom. The van der Waals surface area contributed by atoms with E-state index in [1.54, 1.807) is 12.1 Å². The Morgan fingerprint density at radius 3 is 2.81 bits per heavy atom. The third-order valence-electron chi connectivity index (χ3n) is 5.55. The molecule has 142 valence electrons. The van der Waals surface area contributed by atoms with Gasteiger partial charge in [0.2, 0.25) is 0 Å². The van der Waals surface area contributed by atoms with Gasteiger partial charge in [-0.25, -0.2) is 4.79 Å². The maximum Gasteiger partial charge on any atom is 0.341 e. The van der Waals surface area contributed by atoms with Crippen LogP contribution >= 0.6 is 0 Å². The Kier molecular flexibility index (Phi) is 5.06. The minimum Gasteiger partial charge on any atom is -0.507 e. The van der Waals surface area contributed by atoms with E-state index in [4.69, 9.17) is 9.47 Å². The lowest BCUT2D eigenvalue weighted by Gasteiger charge is -2.38. The van der Waals surface area contributed by atoms with Crippen LogP contribution in [0.1, 0.15) is 62.9 Å². The lowest BCUT2D eigenvalue weighted by Crippen LogP contribution is -2.33. The minimum absolute atomic E-state index is 0.111. The van der Waals surface area contributed by atoms with Crippen molar-refractivity contribution < 1.29 is 19.4 Å². The van der Waals surface area contributed by atoms with Crippen molar-refractivity contribution in [2.45, 2.75) is 52.6 Å². The van der Waals surface area contributed by atoms with Crippen LogP contribution in [0.15, 0.2) is 40.7 Å². The number of phenolic OH excluding ortho intramolecular Hbond substituents is 1. The molecule has 2 atom stereocenters. The molecule has 4 heteroatoms. The highest BCUT2D eigenvalue weighted by Gasteiger charge is 2.36. The monoisotopic (exact) mass is 366 g/mol. The third-order valence-corrected chi connectivity index (χ3v) is 5.55. The molecule has 2 aliphatic rings. The SMILES string of the molecule is COC(=O)c1cc(C#CC2(C)CCC3=C(O2)C(C)=C(C)CC3C)ccc1O. The second-order valence-electron chi connectivity index (χ2n) is 7.67. The van der Waals surface area contributed by atoms with Crippen molar-refractivity contribution >= 4 is 5.97 Å². The molecule has 0 spiro atoms. The second-order valence-corrected chi connectivity index (χ2v) is 7.67. The van der Waals surface area contributed by atoms with Crippen LogP contribution < -0.4 is 0 Å². The lowest BCUT2D eigenvalue weighted by molar-refractivity contribution is 0.0466. The molecule has 0 fully saturated rings. The van der Waals surface area contributed by atoms with E-state index >= 15 is 0 Å². The standard InChI is InChI=1S/C23H26O4/c1-14-12-15(2)18-9-11-23(4,27-21(18)16(14)3)10-8-17-6-7-20(24)19(13-17)22(25)26-5/h6-7,13,15,24H,9,11-12H2,1-5H3. The van der Waals surface area contributed by atoms with E-state index in [1.807, 2.05) is 6.92 Å². The zero-order valence-corrected chi connectivity index (χ0v) is 16.6. The number of aromatic hydroxyl groups is 1. The van der Waals surface area contributed by atoms with Crippen molar-refractivity contribution in [2.24, 2.45) is 5.92 Å². The maximum absolute atomic E-state index is 11.7. The normalized spacial score (nSPS) is 24.6. The first-order valence-electron chi connectivity index (χ1n) is 9.27. The number of carbonyl (C=O) groups excluding carboxylic acids is 1. The Labute approximate surface area is 160 Å². The first kappa shape index (κ1) is 19.1. The molecule has 0 saturated heterocycles. The zero-order chi connectivity index (χ0) is 19.8. The molecule has 0 aromatic heterocycles. The zero-order valence-electron chi connectivity index (χ0n) is 16.6. The summed E-state index contributed by atoms with van der Waals surface area (Å²) >= 11 is 0. The highest BCUT2D eigenvalue weighted by molar-refractivity contribution is 5.92. The van der Waals surface area contributed by atoms with Gasteiger partial charge in [-0.15, -0.1) is 0 Å². The van der Waals surface area contributed by atoms with Gasteiger partial charge in [-0.2, -0.15) is 0 Å². The summed E-state index contributed by atoms with van der Waals surface area (Å²) < 4.78 is 11.1. The Balaban J connectivity index is 1.89. The topological polar surface area (TPSA) is 55.8 Å². The summed E-state index contributed by atoms with van der Waals surface area (Å²) in [4.78, 5) is 11.7. The summed E-state index contributed by atoms with van der Waals surface area (Å²) in [5.41, 5.74) is 4.17. The summed E-state index contributed by atoms with van der Waals surface area (Å²) in [5, 5.41) is 9.83. The van der Waals surface area contributed by atoms with Crippen molar-refractivity contribution in [1.82, 2.24) is 0 Å². The van der Waals surface area contributed by atoms with Crippen LogP contribution in [-0.4, -0.2) is 23.8 Å². The molecule has 1 heterocycles. The molecule has 0 amide bonds. The molecule has 27 heavy (non-hydrogen) atoms. The Bertz CT molecular complexity index is 910. The number of benzene rings is 1. The number of allylic oxidation sites excluding steroid dienone is 3. The van der Waals surface area contributed by atoms with Gasteiger partial charge >= 0.3 is 5.97 Å². The van der Waals surface area contributed by atoms with Crippen LogP contribution in [0.3, 0.4) is 0 Å².